The highest BCUT2D eigenvalue weighted by Gasteiger charge is 2.39. The fourth-order valence-electron chi connectivity index (χ4n) is 4.82. The van der Waals surface area contributed by atoms with Gasteiger partial charge in [-0.3, -0.25) is 4.79 Å². The molecule has 0 aliphatic carbocycles. The van der Waals surface area contributed by atoms with Crippen molar-refractivity contribution in [3.8, 4) is 17.0 Å². The summed E-state index contributed by atoms with van der Waals surface area (Å²) in [4.78, 5) is 24.0. The number of benzene rings is 1. The van der Waals surface area contributed by atoms with Gasteiger partial charge in [0.05, 0.1) is 17.9 Å². The number of aromatic nitrogens is 2. The molecule has 0 bridgehead atoms. The van der Waals surface area contributed by atoms with Crippen molar-refractivity contribution in [3.63, 3.8) is 0 Å². The third kappa shape index (κ3) is 7.03. The number of anilines is 2. The standard InChI is InChI=1S/C28H34FN5O4S.H2S/c1-17(2)16-38-21-12-19(11-20(29)13-21)23-10-9-22(26(31-23)34-15-18(3)14-28(34,4)5)27(35)33-39(36,37)25-8-6-7-24(30)32-25;/h6-13,17-18H,14-16H2,1-5H3,(H2,30,32)(H,33,35);1H2/t18-;/m0./s1. The summed E-state index contributed by atoms with van der Waals surface area (Å²) >= 11 is 0. The molecule has 3 aromatic rings. The maximum atomic E-state index is 14.5. The van der Waals surface area contributed by atoms with E-state index in [2.05, 4.69) is 16.6 Å². The molecule has 1 aromatic carbocycles. The van der Waals surface area contributed by atoms with Crippen molar-refractivity contribution in [2.75, 3.05) is 23.8 Å². The van der Waals surface area contributed by atoms with E-state index in [-0.39, 0.29) is 41.4 Å². The van der Waals surface area contributed by atoms with Crippen LogP contribution in [0, 0.1) is 17.7 Å². The van der Waals surface area contributed by atoms with Gasteiger partial charge in [0, 0.05) is 23.7 Å². The van der Waals surface area contributed by atoms with Crippen LogP contribution in [0.1, 0.15) is 51.4 Å². The van der Waals surface area contributed by atoms with E-state index in [0.29, 0.717) is 41.9 Å². The van der Waals surface area contributed by atoms with Crippen molar-refractivity contribution in [2.24, 2.45) is 11.8 Å². The summed E-state index contributed by atoms with van der Waals surface area (Å²) in [5.74, 6) is -0.0688. The van der Waals surface area contributed by atoms with Crippen LogP contribution in [0.15, 0.2) is 53.6 Å². The molecule has 3 N–H and O–H groups in total. The summed E-state index contributed by atoms with van der Waals surface area (Å²) in [6.45, 7) is 11.2. The van der Waals surface area contributed by atoms with Gasteiger partial charge in [-0.1, -0.05) is 26.8 Å². The summed E-state index contributed by atoms with van der Waals surface area (Å²) in [5, 5.41) is -0.370. The van der Waals surface area contributed by atoms with Gasteiger partial charge in [0.15, 0.2) is 5.03 Å². The van der Waals surface area contributed by atoms with Crippen molar-refractivity contribution in [1.29, 1.82) is 0 Å². The van der Waals surface area contributed by atoms with Gasteiger partial charge in [0.25, 0.3) is 15.9 Å². The highest BCUT2D eigenvalue weighted by molar-refractivity contribution is 7.90. The second-order valence-corrected chi connectivity index (χ2v) is 12.6. The maximum Gasteiger partial charge on any atom is 0.281 e. The molecule has 1 saturated heterocycles. The summed E-state index contributed by atoms with van der Waals surface area (Å²) < 4.78 is 48.2. The predicted octanol–water partition coefficient (Wildman–Crippen LogP) is 4.76. The minimum Gasteiger partial charge on any atom is -0.493 e. The molecule has 40 heavy (non-hydrogen) atoms. The normalized spacial score (nSPS) is 16.5. The van der Waals surface area contributed by atoms with Gasteiger partial charge < -0.3 is 15.4 Å². The maximum absolute atomic E-state index is 14.5. The molecule has 3 heterocycles. The molecule has 1 aliphatic heterocycles. The lowest BCUT2D eigenvalue weighted by Crippen LogP contribution is -2.41. The number of nitrogens with zero attached hydrogens (tertiary/aromatic N) is 3. The number of pyridine rings is 2. The monoisotopic (exact) mass is 589 g/mol. The van der Waals surface area contributed by atoms with Crippen molar-refractivity contribution >= 4 is 41.1 Å². The van der Waals surface area contributed by atoms with Crippen LogP contribution in [0.2, 0.25) is 0 Å². The first-order chi connectivity index (χ1) is 18.2. The van der Waals surface area contributed by atoms with E-state index in [4.69, 9.17) is 15.5 Å². The number of rotatable bonds is 8. The fraction of sp³-hybridized carbons (Fsp3) is 0.393. The Morgan fingerprint density at radius 2 is 1.93 bits per heavy atom. The largest absolute Gasteiger partial charge is 0.493 e. The number of carbonyl (C=O) groups is 1. The molecule has 1 aliphatic rings. The third-order valence-corrected chi connectivity index (χ3v) is 7.68. The summed E-state index contributed by atoms with van der Waals surface area (Å²) in [6.07, 6.45) is 0.846. The topological polar surface area (TPSA) is 128 Å². The number of hydrogen-bond donors (Lipinski definition) is 2. The Hall–Kier alpha value is -3.38. The Morgan fingerprint density at radius 3 is 2.55 bits per heavy atom. The number of hydrogen-bond acceptors (Lipinski definition) is 8. The second kappa shape index (κ2) is 12.0. The quantitative estimate of drug-likeness (QED) is 0.385. The molecular weight excluding hydrogens is 553 g/mol. The average molecular weight is 590 g/mol. The van der Waals surface area contributed by atoms with E-state index < -0.39 is 21.7 Å². The van der Waals surface area contributed by atoms with E-state index in [1.807, 2.05) is 32.6 Å². The zero-order chi connectivity index (χ0) is 28.5. The van der Waals surface area contributed by atoms with Crippen LogP contribution in [-0.2, 0) is 10.0 Å². The predicted molar refractivity (Wildman–Crippen MR) is 159 cm³/mol. The van der Waals surface area contributed by atoms with E-state index in [0.717, 1.165) is 6.42 Å². The molecule has 216 valence electrons. The molecule has 1 fully saturated rings. The number of sulfonamides is 1. The van der Waals surface area contributed by atoms with Crippen LogP contribution in [-0.4, -0.2) is 43.0 Å². The van der Waals surface area contributed by atoms with E-state index in [9.17, 15) is 17.6 Å². The number of nitrogens with one attached hydrogen (secondary N) is 1. The van der Waals surface area contributed by atoms with Gasteiger partial charge in [0.2, 0.25) is 0 Å². The Bertz CT molecular complexity index is 1500. The molecule has 2 aromatic heterocycles. The zero-order valence-electron chi connectivity index (χ0n) is 23.2. The Kier molecular flexibility index (Phi) is 9.35. The Morgan fingerprint density at radius 1 is 1.20 bits per heavy atom. The Balaban J connectivity index is 0.00000441. The summed E-state index contributed by atoms with van der Waals surface area (Å²) in [5.41, 5.74) is 6.24. The van der Waals surface area contributed by atoms with Crippen LogP contribution in [0.4, 0.5) is 16.0 Å². The van der Waals surface area contributed by atoms with Gasteiger partial charge in [0.1, 0.15) is 23.2 Å². The van der Waals surface area contributed by atoms with E-state index in [1.54, 1.807) is 12.1 Å². The number of nitrogen functional groups attached to an aromatic ring is 1. The SMILES string of the molecule is CC(C)COc1cc(F)cc(-c2ccc(C(=O)NS(=O)(=O)c3cccc(N)n3)c(N3C[C@@H](C)CC3(C)C)n2)c1.S. The number of nitrogens with two attached hydrogens (primary N) is 1. The summed E-state index contributed by atoms with van der Waals surface area (Å²) in [7, 11) is -4.30. The minimum atomic E-state index is -4.30. The van der Waals surface area contributed by atoms with Crippen molar-refractivity contribution < 1.29 is 22.3 Å². The fourth-order valence-corrected chi connectivity index (χ4v) is 5.76. The number of amides is 1. The lowest BCUT2D eigenvalue weighted by atomic mass is 9.97. The number of ether oxygens (including phenoxy) is 1. The molecule has 0 radical (unpaired) electrons. The van der Waals surface area contributed by atoms with Gasteiger partial charge in [-0.2, -0.15) is 21.9 Å². The molecule has 12 heteroatoms. The first kappa shape index (κ1) is 31.2. The van der Waals surface area contributed by atoms with Gasteiger partial charge in [-0.15, -0.1) is 0 Å². The van der Waals surface area contributed by atoms with Gasteiger partial charge in [-0.25, -0.2) is 19.1 Å². The first-order valence-corrected chi connectivity index (χ1v) is 14.3. The first-order valence-electron chi connectivity index (χ1n) is 12.8. The zero-order valence-corrected chi connectivity index (χ0v) is 25.0. The number of carbonyl (C=O) groups excluding carboxylic acids is 1. The Labute approximate surface area is 241 Å². The van der Waals surface area contributed by atoms with Crippen molar-refractivity contribution in [1.82, 2.24) is 14.7 Å². The van der Waals surface area contributed by atoms with Crippen LogP contribution in [0.3, 0.4) is 0 Å². The lowest BCUT2D eigenvalue weighted by Gasteiger charge is -2.34. The van der Waals surface area contributed by atoms with E-state index >= 15 is 0 Å². The second-order valence-electron chi connectivity index (χ2n) is 11.0. The van der Waals surface area contributed by atoms with Crippen LogP contribution in [0.5, 0.6) is 5.75 Å². The van der Waals surface area contributed by atoms with Crippen LogP contribution < -0.4 is 20.1 Å². The molecule has 9 nitrogen and oxygen atoms in total. The highest BCUT2D eigenvalue weighted by Crippen LogP contribution is 2.38. The molecule has 4 rings (SSSR count). The van der Waals surface area contributed by atoms with E-state index in [1.165, 1.54) is 36.4 Å². The van der Waals surface area contributed by atoms with Gasteiger partial charge >= 0.3 is 0 Å². The highest BCUT2D eigenvalue weighted by atomic mass is 32.2. The van der Waals surface area contributed by atoms with Crippen molar-refractivity contribution in [3.05, 3.63) is 59.9 Å². The molecular formula is C28H36FN5O4S2. The third-order valence-electron chi connectivity index (χ3n) is 6.45. The molecule has 0 saturated carbocycles. The summed E-state index contributed by atoms with van der Waals surface area (Å²) in [6, 6.07) is 11.6. The molecule has 1 atom stereocenters. The smallest absolute Gasteiger partial charge is 0.281 e. The average Bonchev–Trinajstić information content (AvgIpc) is 3.13. The van der Waals surface area contributed by atoms with Gasteiger partial charge in [-0.05, 0) is 68.5 Å². The lowest BCUT2D eigenvalue weighted by molar-refractivity contribution is 0.0981. The van der Waals surface area contributed by atoms with Crippen LogP contribution in [0.25, 0.3) is 11.3 Å². The minimum absolute atomic E-state index is 0. The molecule has 1 amide bonds. The van der Waals surface area contributed by atoms with Crippen LogP contribution >= 0.6 is 13.5 Å². The molecule has 0 unspecified atom stereocenters. The van der Waals surface area contributed by atoms with Crippen molar-refractivity contribution in [2.45, 2.75) is 51.6 Å². The molecule has 0 spiro atoms. The number of halogens is 1.